The molecule has 0 N–H and O–H groups in total. The molecule has 26 heavy (non-hydrogen) atoms. The highest BCUT2D eigenvalue weighted by Gasteiger charge is 2.32. The number of carbonyl (C=O) groups excluding carboxylic acids is 2. The molecule has 0 fully saturated rings. The van der Waals surface area contributed by atoms with E-state index < -0.39 is 11.9 Å². The number of hydrogen-bond acceptors (Lipinski definition) is 6. The minimum absolute atomic E-state index is 0.0159. The van der Waals surface area contributed by atoms with E-state index in [2.05, 4.69) is 0 Å². The van der Waals surface area contributed by atoms with Crippen molar-refractivity contribution in [2.75, 3.05) is 20.3 Å². The van der Waals surface area contributed by atoms with E-state index in [1.807, 2.05) is 32.0 Å². The van der Waals surface area contributed by atoms with Crippen molar-refractivity contribution in [1.29, 1.82) is 0 Å². The van der Waals surface area contributed by atoms with Gasteiger partial charge in [-0.15, -0.1) is 0 Å². The molecular weight excluding hydrogens is 336 g/mol. The predicted octanol–water partition coefficient (Wildman–Crippen LogP) is 3.99. The molecule has 0 aromatic heterocycles. The third-order valence-corrected chi connectivity index (χ3v) is 3.64. The zero-order valence-corrected chi connectivity index (χ0v) is 15.8. The molecule has 0 aliphatic heterocycles. The van der Waals surface area contributed by atoms with Crippen molar-refractivity contribution in [2.24, 2.45) is 0 Å². The molecule has 0 radical (unpaired) electrons. The van der Waals surface area contributed by atoms with Crippen LogP contribution in [-0.4, -0.2) is 38.4 Å². The van der Waals surface area contributed by atoms with Gasteiger partial charge in [-0.3, -0.25) is 0 Å². The highest BCUT2D eigenvalue weighted by molar-refractivity contribution is 6.14. The summed E-state index contributed by atoms with van der Waals surface area (Å²) >= 11 is 0. The zero-order valence-electron chi connectivity index (χ0n) is 15.8. The van der Waals surface area contributed by atoms with Crippen LogP contribution in [0.3, 0.4) is 0 Å². The molecule has 0 spiro atoms. The molecule has 0 saturated heterocycles. The Labute approximate surface area is 153 Å². The number of benzene rings is 2. The summed E-state index contributed by atoms with van der Waals surface area (Å²) in [6, 6.07) is 7.27. The highest BCUT2D eigenvalue weighted by Crippen LogP contribution is 2.42. The lowest BCUT2D eigenvalue weighted by Gasteiger charge is -2.21. The maximum atomic E-state index is 12.7. The lowest BCUT2D eigenvalue weighted by molar-refractivity contribution is 0.0471. The number of methoxy groups -OCH3 is 1. The first kappa shape index (κ1) is 19.6. The summed E-state index contributed by atoms with van der Waals surface area (Å²) in [4.78, 5) is 25.4. The number of fused-ring (bicyclic) bond motifs is 1. The summed E-state index contributed by atoms with van der Waals surface area (Å²) in [6.07, 6.45) is -0.213. The van der Waals surface area contributed by atoms with Crippen LogP contribution in [0.25, 0.3) is 10.8 Å². The molecule has 0 amide bonds. The topological polar surface area (TPSA) is 71.1 Å². The smallest absolute Gasteiger partial charge is 0.342 e. The van der Waals surface area contributed by atoms with E-state index in [1.165, 1.54) is 7.11 Å². The average molecular weight is 360 g/mol. The van der Waals surface area contributed by atoms with Crippen LogP contribution < -0.4 is 9.47 Å². The van der Waals surface area contributed by atoms with Crippen molar-refractivity contribution >= 4 is 22.7 Å². The molecule has 140 valence electrons. The fourth-order valence-electron chi connectivity index (χ4n) is 2.74. The van der Waals surface area contributed by atoms with E-state index in [0.29, 0.717) is 10.8 Å². The van der Waals surface area contributed by atoms with Gasteiger partial charge in [0, 0.05) is 10.8 Å². The summed E-state index contributed by atoms with van der Waals surface area (Å²) in [5, 5.41) is 1.32. The van der Waals surface area contributed by atoms with Crippen LogP contribution in [0.15, 0.2) is 24.3 Å². The molecule has 6 heteroatoms. The van der Waals surface area contributed by atoms with Crippen LogP contribution in [-0.2, 0) is 9.47 Å². The number of hydrogen-bond donors (Lipinski definition) is 0. The second-order valence-corrected chi connectivity index (χ2v) is 5.77. The number of ether oxygens (including phenoxy) is 4. The quantitative estimate of drug-likeness (QED) is 0.695. The van der Waals surface area contributed by atoms with E-state index in [-0.39, 0.29) is 41.9 Å². The summed E-state index contributed by atoms with van der Waals surface area (Å²) < 4.78 is 21.8. The molecule has 0 saturated carbocycles. The molecular formula is C20H24O6. The maximum Gasteiger partial charge on any atom is 0.342 e. The molecule has 0 aliphatic rings. The van der Waals surface area contributed by atoms with Gasteiger partial charge in [0.1, 0.15) is 22.6 Å². The first-order valence-electron chi connectivity index (χ1n) is 8.59. The van der Waals surface area contributed by atoms with Gasteiger partial charge < -0.3 is 18.9 Å². The fraction of sp³-hybridized carbons (Fsp3) is 0.400. The molecule has 0 aliphatic carbocycles. The normalized spacial score (nSPS) is 10.7. The zero-order chi connectivity index (χ0) is 19.3. The largest absolute Gasteiger partial charge is 0.495 e. The van der Waals surface area contributed by atoms with Gasteiger partial charge in [0.05, 0.1) is 26.4 Å². The minimum Gasteiger partial charge on any atom is -0.495 e. The molecule has 0 atom stereocenters. The first-order chi connectivity index (χ1) is 12.5. The Morgan fingerprint density at radius 2 is 1.35 bits per heavy atom. The van der Waals surface area contributed by atoms with Crippen LogP contribution in [0.4, 0.5) is 0 Å². The van der Waals surface area contributed by atoms with Crippen molar-refractivity contribution in [3.05, 3.63) is 35.4 Å². The van der Waals surface area contributed by atoms with E-state index >= 15 is 0 Å². The van der Waals surface area contributed by atoms with Crippen molar-refractivity contribution < 1.29 is 28.5 Å². The summed E-state index contributed by atoms with van der Waals surface area (Å²) in [7, 11) is 1.45. The van der Waals surface area contributed by atoms with Gasteiger partial charge in [-0.05, 0) is 27.7 Å². The minimum atomic E-state index is -0.660. The van der Waals surface area contributed by atoms with Crippen molar-refractivity contribution in [3.8, 4) is 11.5 Å². The van der Waals surface area contributed by atoms with Crippen LogP contribution in [0.5, 0.6) is 11.5 Å². The summed E-state index contributed by atoms with van der Waals surface area (Å²) in [6.45, 7) is 7.41. The van der Waals surface area contributed by atoms with Gasteiger partial charge in [-0.25, -0.2) is 9.59 Å². The Balaban J connectivity index is 2.95. The first-order valence-corrected chi connectivity index (χ1v) is 8.59. The average Bonchev–Trinajstić information content (AvgIpc) is 2.61. The lowest BCUT2D eigenvalue weighted by atomic mass is 9.97. The monoisotopic (exact) mass is 360 g/mol. The van der Waals surface area contributed by atoms with Gasteiger partial charge in [-0.1, -0.05) is 24.3 Å². The predicted molar refractivity (Wildman–Crippen MR) is 98.2 cm³/mol. The van der Waals surface area contributed by atoms with Gasteiger partial charge in [0.15, 0.2) is 0 Å². The van der Waals surface area contributed by atoms with Gasteiger partial charge >= 0.3 is 11.9 Å². The maximum absolute atomic E-state index is 12.7. The third kappa shape index (κ3) is 3.74. The van der Waals surface area contributed by atoms with Gasteiger partial charge in [-0.2, -0.15) is 0 Å². The van der Waals surface area contributed by atoms with Crippen molar-refractivity contribution in [3.63, 3.8) is 0 Å². The number of carbonyl (C=O) groups is 2. The van der Waals surface area contributed by atoms with Gasteiger partial charge in [0.2, 0.25) is 0 Å². The van der Waals surface area contributed by atoms with Gasteiger partial charge in [0.25, 0.3) is 0 Å². The summed E-state index contributed by atoms with van der Waals surface area (Å²) in [5.74, 6) is -0.766. The van der Waals surface area contributed by atoms with Crippen molar-refractivity contribution in [2.45, 2.75) is 33.8 Å². The molecule has 0 unspecified atom stereocenters. The molecule has 2 aromatic rings. The Kier molecular flexibility index (Phi) is 6.44. The van der Waals surface area contributed by atoms with Crippen LogP contribution >= 0.6 is 0 Å². The Morgan fingerprint density at radius 1 is 0.885 bits per heavy atom. The second-order valence-electron chi connectivity index (χ2n) is 5.77. The molecule has 0 bridgehead atoms. The van der Waals surface area contributed by atoms with Crippen molar-refractivity contribution in [1.82, 2.24) is 0 Å². The fourth-order valence-corrected chi connectivity index (χ4v) is 2.74. The lowest BCUT2D eigenvalue weighted by Crippen LogP contribution is -2.19. The molecule has 2 rings (SSSR count). The Bertz CT molecular complexity index is 810. The van der Waals surface area contributed by atoms with Crippen LogP contribution in [0.1, 0.15) is 48.4 Å². The van der Waals surface area contributed by atoms with E-state index in [1.54, 1.807) is 19.9 Å². The van der Waals surface area contributed by atoms with E-state index in [4.69, 9.17) is 18.9 Å². The Hall–Kier alpha value is -2.76. The van der Waals surface area contributed by atoms with E-state index in [0.717, 1.165) is 0 Å². The third-order valence-electron chi connectivity index (χ3n) is 3.64. The summed E-state index contributed by atoms with van der Waals surface area (Å²) in [5.41, 5.74) is 0.0386. The number of esters is 2. The van der Waals surface area contributed by atoms with E-state index in [9.17, 15) is 9.59 Å². The van der Waals surface area contributed by atoms with Crippen LogP contribution in [0, 0.1) is 0 Å². The Morgan fingerprint density at radius 3 is 1.77 bits per heavy atom. The SMILES string of the molecule is CCOC(=O)c1c(C(=O)OCC)c(OC(C)C)c2ccccc2c1OC. The molecule has 6 nitrogen and oxygen atoms in total. The number of rotatable bonds is 7. The molecule has 0 heterocycles. The van der Waals surface area contributed by atoms with Crippen LogP contribution in [0.2, 0.25) is 0 Å². The highest BCUT2D eigenvalue weighted by atomic mass is 16.5. The second kappa shape index (κ2) is 8.56. The molecule has 2 aromatic carbocycles. The standard InChI is InChI=1S/C20H24O6/c1-6-24-19(21)15-16(20(22)25-7-2)18(26-12(3)4)14-11-9-8-10-13(14)17(15)23-5/h8-12H,6-7H2,1-5H3.